The molecule has 3 rings (SSSR count). The first-order valence-electron chi connectivity index (χ1n) is 4.61. The van der Waals surface area contributed by atoms with E-state index in [1.807, 2.05) is 30.3 Å². The zero-order valence-corrected chi connectivity index (χ0v) is 8.86. The van der Waals surface area contributed by atoms with Gasteiger partial charge in [-0.2, -0.15) is 10.2 Å². The van der Waals surface area contributed by atoms with Crippen molar-refractivity contribution in [3.63, 3.8) is 0 Å². The van der Waals surface area contributed by atoms with Gasteiger partial charge in [0.25, 0.3) is 5.56 Å². The predicted octanol–water partition coefficient (Wildman–Crippen LogP) is 1.78. The summed E-state index contributed by atoms with van der Waals surface area (Å²) in [6, 6.07) is 10.9. The molecule has 0 unspecified atom stereocenters. The summed E-state index contributed by atoms with van der Waals surface area (Å²) >= 11 is 1.41. The molecule has 0 atom stereocenters. The van der Waals surface area contributed by atoms with Crippen molar-refractivity contribution < 1.29 is 0 Å². The molecule has 0 N–H and O–H groups in total. The number of nitrogens with zero attached hydrogens (tertiary/aromatic N) is 3. The third-order valence-electron chi connectivity index (χ3n) is 2.32. The summed E-state index contributed by atoms with van der Waals surface area (Å²) in [5, 5.41) is 9.01. The molecule has 0 aliphatic rings. The van der Waals surface area contributed by atoms with Gasteiger partial charge >= 0.3 is 0 Å². The van der Waals surface area contributed by atoms with Crippen molar-refractivity contribution in [2.24, 2.45) is 0 Å². The molecule has 2 aromatic heterocycles. The van der Waals surface area contributed by atoms with Crippen LogP contribution in [0.15, 0.2) is 35.1 Å². The average Bonchev–Trinajstić information content (AvgIpc) is 2.65. The summed E-state index contributed by atoms with van der Waals surface area (Å²) < 4.78 is 2.72. The molecule has 4 nitrogen and oxygen atoms in total. The number of rotatable bonds is 0. The highest BCUT2D eigenvalue weighted by molar-refractivity contribution is 7.23. The maximum Gasteiger partial charge on any atom is 0.275 e. The van der Waals surface area contributed by atoms with Crippen molar-refractivity contribution in [2.75, 3.05) is 0 Å². The van der Waals surface area contributed by atoms with Gasteiger partial charge in [-0.3, -0.25) is 9.20 Å². The quantitative estimate of drug-likeness (QED) is 0.588. The maximum atomic E-state index is 11.3. The van der Waals surface area contributed by atoms with Crippen LogP contribution in [0.4, 0.5) is 0 Å². The molecule has 0 bridgehead atoms. The molecule has 3 aromatic rings. The molecule has 76 valence electrons. The largest absolute Gasteiger partial charge is 0.275 e. The minimum atomic E-state index is -0.372. The molecular weight excluding hydrogens is 222 g/mol. The Labute approximate surface area is 94.0 Å². The van der Waals surface area contributed by atoms with E-state index >= 15 is 0 Å². The summed E-state index contributed by atoms with van der Waals surface area (Å²) in [5.41, 5.74) is 0.863. The third-order valence-corrected chi connectivity index (χ3v) is 3.34. The molecule has 2 heterocycles. The van der Waals surface area contributed by atoms with E-state index in [1.165, 1.54) is 17.4 Å². The fourth-order valence-corrected chi connectivity index (χ4v) is 2.70. The lowest BCUT2D eigenvalue weighted by Crippen LogP contribution is -2.08. The number of thiazole rings is 1. The first-order chi connectivity index (χ1) is 7.79. The van der Waals surface area contributed by atoms with E-state index in [1.54, 1.807) is 4.40 Å². The van der Waals surface area contributed by atoms with Gasteiger partial charge in [0.15, 0.2) is 4.96 Å². The maximum absolute atomic E-state index is 11.3. The second-order valence-electron chi connectivity index (χ2n) is 3.28. The van der Waals surface area contributed by atoms with Gasteiger partial charge < -0.3 is 0 Å². The second kappa shape index (κ2) is 3.15. The van der Waals surface area contributed by atoms with Crippen molar-refractivity contribution in [3.05, 3.63) is 46.4 Å². The third kappa shape index (κ3) is 1.14. The first kappa shape index (κ1) is 9.07. The van der Waals surface area contributed by atoms with Crippen LogP contribution in [0.5, 0.6) is 0 Å². The fourth-order valence-electron chi connectivity index (χ4n) is 1.67. The summed E-state index contributed by atoms with van der Waals surface area (Å²) in [5.74, 6) is 0. The highest BCUT2D eigenvalue weighted by Crippen LogP contribution is 2.24. The second-order valence-corrected chi connectivity index (χ2v) is 4.29. The Morgan fingerprint density at radius 2 is 2.19 bits per heavy atom. The van der Waals surface area contributed by atoms with Gasteiger partial charge in [0, 0.05) is 6.07 Å². The monoisotopic (exact) mass is 227 g/mol. The van der Waals surface area contributed by atoms with Crippen molar-refractivity contribution in [2.45, 2.75) is 0 Å². The van der Waals surface area contributed by atoms with Crippen LogP contribution in [0.1, 0.15) is 5.69 Å². The normalized spacial score (nSPS) is 10.7. The Kier molecular flexibility index (Phi) is 1.79. The number of fused-ring (bicyclic) bond motifs is 3. The molecule has 0 radical (unpaired) electrons. The first-order valence-corrected chi connectivity index (χ1v) is 5.43. The Morgan fingerprint density at radius 3 is 3.00 bits per heavy atom. The van der Waals surface area contributed by atoms with Crippen LogP contribution in [0.3, 0.4) is 0 Å². The van der Waals surface area contributed by atoms with Gasteiger partial charge in [-0.05, 0) is 12.1 Å². The smallest absolute Gasteiger partial charge is 0.275 e. The lowest BCUT2D eigenvalue weighted by molar-refractivity contribution is 1.11. The highest BCUT2D eigenvalue weighted by atomic mass is 32.1. The molecule has 0 amide bonds. The highest BCUT2D eigenvalue weighted by Gasteiger charge is 2.08. The Bertz CT molecular complexity index is 794. The van der Waals surface area contributed by atoms with Gasteiger partial charge in [0.05, 0.1) is 10.2 Å². The molecule has 0 spiro atoms. The molecule has 0 fully saturated rings. The topological polar surface area (TPSA) is 58.2 Å². The minimum Gasteiger partial charge on any atom is -0.275 e. The van der Waals surface area contributed by atoms with E-state index in [0.717, 1.165) is 10.2 Å². The van der Waals surface area contributed by atoms with E-state index in [-0.39, 0.29) is 5.56 Å². The molecule has 0 saturated carbocycles. The predicted molar refractivity (Wildman–Crippen MR) is 61.6 cm³/mol. The number of para-hydroxylation sites is 1. The fraction of sp³-hybridized carbons (Fsp3) is 0. The van der Waals surface area contributed by atoms with Crippen molar-refractivity contribution in [3.8, 4) is 6.07 Å². The SMILES string of the molecule is N#Cc1cc(=O)nc2sc3ccccc3n12. The van der Waals surface area contributed by atoms with Gasteiger partial charge in [-0.25, -0.2) is 0 Å². The Balaban J connectivity index is 2.67. The van der Waals surface area contributed by atoms with Crippen LogP contribution in [0, 0.1) is 11.3 Å². The lowest BCUT2D eigenvalue weighted by atomic mass is 10.3. The number of aromatic nitrogens is 2. The number of hydrogen-bond acceptors (Lipinski definition) is 4. The van der Waals surface area contributed by atoms with Crippen LogP contribution in [-0.2, 0) is 0 Å². The van der Waals surface area contributed by atoms with E-state index in [4.69, 9.17) is 5.26 Å². The molecule has 1 aromatic carbocycles. The zero-order chi connectivity index (χ0) is 11.1. The average molecular weight is 227 g/mol. The molecular formula is C11H5N3OS. The van der Waals surface area contributed by atoms with Gasteiger partial charge in [-0.15, -0.1) is 0 Å². The Morgan fingerprint density at radius 1 is 1.38 bits per heavy atom. The lowest BCUT2D eigenvalue weighted by Gasteiger charge is -1.96. The molecule has 0 aliphatic carbocycles. The van der Waals surface area contributed by atoms with E-state index < -0.39 is 0 Å². The molecule has 0 saturated heterocycles. The number of hydrogen-bond donors (Lipinski definition) is 0. The van der Waals surface area contributed by atoms with E-state index in [2.05, 4.69) is 4.98 Å². The van der Waals surface area contributed by atoms with Crippen LogP contribution >= 0.6 is 11.3 Å². The van der Waals surface area contributed by atoms with Crippen LogP contribution in [0.2, 0.25) is 0 Å². The van der Waals surface area contributed by atoms with Crippen LogP contribution in [-0.4, -0.2) is 9.38 Å². The van der Waals surface area contributed by atoms with Gasteiger partial charge in [0.1, 0.15) is 11.8 Å². The Hall–Kier alpha value is -2.19. The van der Waals surface area contributed by atoms with Gasteiger partial charge in [-0.1, -0.05) is 23.5 Å². The summed E-state index contributed by atoms with van der Waals surface area (Å²) in [6.07, 6.45) is 0. The summed E-state index contributed by atoms with van der Waals surface area (Å²) in [6.45, 7) is 0. The number of benzene rings is 1. The van der Waals surface area contributed by atoms with Crippen molar-refractivity contribution in [1.82, 2.24) is 9.38 Å². The zero-order valence-electron chi connectivity index (χ0n) is 8.04. The van der Waals surface area contributed by atoms with Crippen molar-refractivity contribution in [1.29, 1.82) is 5.26 Å². The van der Waals surface area contributed by atoms with E-state index in [9.17, 15) is 4.79 Å². The molecule has 16 heavy (non-hydrogen) atoms. The van der Waals surface area contributed by atoms with Crippen molar-refractivity contribution >= 4 is 26.5 Å². The summed E-state index contributed by atoms with van der Waals surface area (Å²) in [7, 11) is 0. The molecule has 5 heteroatoms. The minimum absolute atomic E-state index is 0.326. The van der Waals surface area contributed by atoms with Crippen LogP contribution in [0.25, 0.3) is 15.2 Å². The van der Waals surface area contributed by atoms with Gasteiger partial charge in [0.2, 0.25) is 0 Å². The van der Waals surface area contributed by atoms with E-state index in [0.29, 0.717) is 10.7 Å². The number of nitriles is 1. The molecule has 0 aliphatic heterocycles. The summed E-state index contributed by atoms with van der Waals surface area (Å²) in [4.78, 5) is 15.7. The van der Waals surface area contributed by atoms with Crippen LogP contribution < -0.4 is 5.56 Å². The standard InChI is InChI=1S/C11H5N3OS/c12-6-7-5-10(15)13-11-14(7)8-3-1-2-4-9(8)16-11/h1-5H.